The van der Waals surface area contributed by atoms with E-state index in [-0.39, 0.29) is 35.0 Å². The molecule has 206 valence electrons. The molecule has 3 aromatic carbocycles. The lowest BCUT2D eigenvalue weighted by Gasteiger charge is -2.61. The molecule has 1 heterocycles. The van der Waals surface area contributed by atoms with Gasteiger partial charge in [0.2, 0.25) is 0 Å². The molecule has 1 aromatic heterocycles. The van der Waals surface area contributed by atoms with Gasteiger partial charge in [0.1, 0.15) is 17.1 Å². The molecule has 2 bridgehead atoms. The van der Waals surface area contributed by atoms with E-state index in [1.54, 1.807) is 37.3 Å². The number of nitrogens with one attached hydrogen (secondary N) is 1. The Balaban J connectivity index is 1.47. The smallest absolute Gasteiger partial charge is 0.422 e. The molecule has 8 heteroatoms. The Morgan fingerprint density at radius 1 is 1.02 bits per heavy atom. The van der Waals surface area contributed by atoms with Crippen molar-refractivity contribution in [3.8, 4) is 28.2 Å². The molecule has 0 radical (unpaired) electrons. The number of benzene rings is 3. The summed E-state index contributed by atoms with van der Waals surface area (Å²) in [7, 11) is 0. The first kappa shape index (κ1) is 26.2. The molecule has 7 rings (SSSR count). The van der Waals surface area contributed by atoms with Crippen molar-refractivity contribution >= 4 is 22.7 Å². The van der Waals surface area contributed by atoms with Crippen LogP contribution in [0.25, 0.3) is 33.4 Å². The average molecular weight is 548 g/mol. The standard InChI is InChI=1S/C32H28F3NO4/c1-3-25(37)28-24-12-23(21-5-4-6-22(11-21)30(38)36-31-14-19(15-31)16-31)26(39-17-32(33,34)35)13-27(24)40-29(28)20-9-7-18(2)8-10-20/h4-13,19H,3,14-17H2,1-2H3,(H,36,38). The number of Topliss-reactive ketones (excluding diaryl/α,β-unsaturated/α-hetero) is 1. The highest BCUT2D eigenvalue weighted by atomic mass is 19.4. The third-order valence-electron chi connectivity index (χ3n) is 7.95. The van der Waals surface area contributed by atoms with Gasteiger partial charge >= 0.3 is 6.18 Å². The van der Waals surface area contributed by atoms with Crippen molar-refractivity contribution in [2.75, 3.05) is 6.61 Å². The molecule has 1 amide bonds. The third-order valence-corrected chi connectivity index (χ3v) is 7.95. The Hall–Kier alpha value is -4.07. The highest BCUT2D eigenvalue weighted by molar-refractivity contribution is 6.13. The lowest BCUT2D eigenvalue weighted by molar-refractivity contribution is -0.153. The van der Waals surface area contributed by atoms with Crippen molar-refractivity contribution in [1.29, 1.82) is 0 Å². The second-order valence-electron chi connectivity index (χ2n) is 11.0. The van der Waals surface area contributed by atoms with Crippen LogP contribution >= 0.6 is 0 Å². The van der Waals surface area contributed by atoms with Crippen molar-refractivity contribution in [3.05, 3.63) is 77.4 Å². The largest absolute Gasteiger partial charge is 0.483 e. The fourth-order valence-corrected chi connectivity index (χ4v) is 5.76. The molecule has 3 saturated carbocycles. The monoisotopic (exact) mass is 547 g/mol. The third kappa shape index (κ3) is 4.76. The minimum Gasteiger partial charge on any atom is -0.483 e. The van der Waals surface area contributed by atoms with Crippen molar-refractivity contribution in [2.45, 2.75) is 51.2 Å². The molecule has 3 fully saturated rings. The number of ketones is 1. The van der Waals surface area contributed by atoms with Gasteiger partial charge in [0.25, 0.3) is 5.91 Å². The van der Waals surface area contributed by atoms with E-state index < -0.39 is 12.8 Å². The normalized spacial score (nSPS) is 19.6. The number of carbonyl (C=O) groups is 2. The maximum absolute atomic E-state index is 13.2. The summed E-state index contributed by atoms with van der Waals surface area (Å²) in [4.78, 5) is 26.2. The van der Waals surface area contributed by atoms with Gasteiger partial charge in [0.15, 0.2) is 12.4 Å². The lowest BCUT2D eigenvalue weighted by Crippen LogP contribution is -2.68. The molecule has 0 atom stereocenters. The van der Waals surface area contributed by atoms with Crippen LogP contribution in [-0.4, -0.2) is 30.0 Å². The van der Waals surface area contributed by atoms with Gasteiger partial charge in [0, 0.05) is 40.1 Å². The lowest BCUT2D eigenvalue weighted by atomic mass is 9.50. The molecule has 1 N–H and O–H groups in total. The Bertz CT molecular complexity index is 1620. The van der Waals surface area contributed by atoms with Gasteiger partial charge < -0.3 is 14.5 Å². The molecule has 0 saturated heterocycles. The molecule has 3 aliphatic rings. The van der Waals surface area contributed by atoms with E-state index in [0.29, 0.717) is 44.9 Å². The Labute approximate surface area is 229 Å². The van der Waals surface area contributed by atoms with Gasteiger partial charge in [-0.05, 0) is 55.9 Å². The first-order valence-corrected chi connectivity index (χ1v) is 13.4. The van der Waals surface area contributed by atoms with E-state index >= 15 is 0 Å². The fraction of sp³-hybridized carbons (Fsp3) is 0.312. The molecular formula is C32H28F3NO4. The van der Waals surface area contributed by atoms with Gasteiger partial charge in [-0.3, -0.25) is 9.59 Å². The van der Waals surface area contributed by atoms with Crippen LogP contribution in [0, 0.1) is 12.8 Å². The predicted octanol–water partition coefficient (Wildman–Crippen LogP) is 7.89. The van der Waals surface area contributed by atoms with Crippen molar-refractivity contribution < 1.29 is 31.9 Å². The van der Waals surface area contributed by atoms with E-state index in [0.717, 1.165) is 24.8 Å². The van der Waals surface area contributed by atoms with Crippen LogP contribution in [0.1, 0.15) is 58.9 Å². The van der Waals surface area contributed by atoms with E-state index in [1.165, 1.54) is 6.07 Å². The van der Waals surface area contributed by atoms with Crippen LogP contribution < -0.4 is 10.1 Å². The molecule has 3 aliphatic carbocycles. The average Bonchev–Trinajstić information content (AvgIpc) is 3.26. The zero-order chi connectivity index (χ0) is 28.2. The first-order valence-electron chi connectivity index (χ1n) is 13.4. The van der Waals surface area contributed by atoms with Gasteiger partial charge in [-0.2, -0.15) is 13.2 Å². The van der Waals surface area contributed by atoms with E-state index in [2.05, 4.69) is 5.32 Å². The molecule has 40 heavy (non-hydrogen) atoms. The number of furan rings is 1. The predicted molar refractivity (Wildman–Crippen MR) is 146 cm³/mol. The zero-order valence-corrected chi connectivity index (χ0v) is 22.2. The highest BCUT2D eigenvalue weighted by Crippen LogP contribution is 2.57. The second kappa shape index (κ2) is 9.54. The summed E-state index contributed by atoms with van der Waals surface area (Å²) >= 11 is 0. The SMILES string of the molecule is CCC(=O)c1c(-c2ccc(C)cc2)oc2cc(OCC(F)(F)F)c(-c3cccc(C(=O)NC45CC(C4)C5)c3)cc12. The number of alkyl halides is 3. The molecule has 4 aromatic rings. The van der Waals surface area contributed by atoms with Crippen LogP contribution in [0.15, 0.2) is 65.1 Å². The summed E-state index contributed by atoms with van der Waals surface area (Å²) in [6.45, 7) is 2.19. The summed E-state index contributed by atoms with van der Waals surface area (Å²) in [6.07, 6.45) is -1.38. The number of halogens is 3. The number of carbonyl (C=O) groups excluding carboxylic acids is 2. The highest BCUT2D eigenvalue weighted by Gasteiger charge is 2.57. The van der Waals surface area contributed by atoms with Crippen molar-refractivity contribution in [2.24, 2.45) is 5.92 Å². The van der Waals surface area contributed by atoms with Gasteiger partial charge in [0.05, 0.1) is 5.56 Å². The number of hydrogen-bond acceptors (Lipinski definition) is 4. The number of fused-ring (bicyclic) bond motifs is 1. The quantitative estimate of drug-likeness (QED) is 0.228. The number of ether oxygens (including phenoxy) is 1. The maximum Gasteiger partial charge on any atom is 0.422 e. The van der Waals surface area contributed by atoms with Crippen molar-refractivity contribution in [1.82, 2.24) is 5.32 Å². The molecule has 5 nitrogen and oxygen atoms in total. The van der Waals surface area contributed by atoms with Crippen LogP contribution in [0.4, 0.5) is 13.2 Å². The van der Waals surface area contributed by atoms with Crippen molar-refractivity contribution in [3.63, 3.8) is 0 Å². The topological polar surface area (TPSA) is 68.5 Å². The van der Waals surface area contributed by atoms with Crippen LogP contribution in [0.2, 0.25) is 0 Å². The number of hydrogen-bond donors (Lipinski definition) is 1. The Morgan fingerprint density at radius 3 is 2.38 bits per heavy atom. The van der Waals surface area contributed by atoms with Gasteiger partial charge in [-0.1, -0.05) is 48.9 Å². The summed E-state index contributed by atoms with van der Waals surface area (Å²) in [5.41, 5.74) is 3.44. The second-order valence-corrected chi connectivity index (χ2v) is 11.0. The number of aryl methyl sites for hydroxylation is 1. The zero-order valence-electron chi connectivity index (χ0n) is 22.2. The van der Waals surface area contributed by atoms with Crippen LogP contribution in [0.3, 0.4) is 0 Å². The summed E-state index contributed by atoms with van der Waals surface area (Å²) in [6, 6.07) is 17.2. The molecule has 0 spiro atoms. The molecule has 0 aliphatic heterocycles. The number of amides is 1. The number of rotatable bonds is 8. The molecular weight excluding hydrogens is 519 g/mol. The minimum atomic E-state index is -4.56. The van der Waals surface area contributed by atoms with Gasteiger partial charge in [-0.15, -0.1) is 0 Å². The summed E-state index contributed by atoms with van der Waals surface area (Å²) < 4.78 is 50.9. The minimum absolute atomic E-state index is 0.0542. The Morgan fingerprint density at radius 2 is 1.75 bits per heavy atom. The summed E-state index contributed by atoms with van der Waals surface area (Å²) in [5.74, 6) is 0.627. The first-order chi connectivity index (χ1) is 19.0. The Kier molecular flexibility index (Phi) is 6.24. The van der Waals surface area contributed by atoms with E-state index in [1.807, 2.05) is 31.2 Å². The van der Waals surface area contributed by atoms with E-state index in [9.17, 15) is 22.8 Å². The van der Waals surface area contributed by atoms with E-state index in [4.69, 9.17) is 9.15 Å². The summed E-state index contributed by atoms with van der Waals surface area (Å²) in [5, 5.41) is 3.59. The van der Waals surface area contributed by atoms with Crippen LogP contribution in [0.5, 0.6) is 5.75 Å². The van der Waals surface area contributed by atoms with Crippen LogP contribution in [-0.2, 0) is 0 Å². The fourth-order valence-electron chi connectivity index (χ4n) is 5.76. The maximum atomic E-state index is 13.2. The van der Waals surface area contributed by atoms with Gasteiger partial charge in [-0.25, -0.2) is 0 Å². The molecule has 0 unspecified atom stereocenters.